The molecule has 0 bridgehead atoms. The van der Waals surface area contributed by atoms with Gasteiger partial charge in [0.15, 0.2) is 5.16 Å². The van der Waals surface area contributed by atoms with Gasteiger partial charge in [-0.15, -0.1) is 22.0 Å². The van der Waals surface area contributed by atoms with Gasteiger partial charge in [0.2, 0.25) is 5.91 Å². The van der Waals surface area contributed by atoms with Crippen LogP contribution < -0.4 is 5.32 Å². The van der Waals surface area contributed by atoms with Gasteiger partial charge >= 0.3 is 0 Å². The molecule has 1 N–H and O–H groups in total. The van der Waals surface area contributed by atoms with E-state index in [2.05, 4.69) is 34.6 Å². The van der Waals surface area contributed by atoms with Crippen LogP contribution in [0.3, 0.4) is 0 Å². The van der Waals surface area contributed by atoms with Crippen LogP contribution in [0, 0.1) is 25.2 Å². The molecule has 8 heteroatoms. The van der Waals surface area contributed by atoms with Gasteiger partial charge in [-0.1, -0.05) is 41.6 Å². The number of carbonyl (C=O) groups is 1. The molecule has 28 heavy (non-hydrogen) atoms. The molecule has 142 valence electrons. The summed E-state index contributed by atoms with van der Waals surface area (Å²) in [5.74, 6) is 0.409. The topological polar surface area (TPSA) is 83.6 Å². The maximum absolute atomic E-state index is 12.4. The van der Waals surface area contributed by atoms with Gasteiger partial charge in [-0.3, -0.25) is 9.36 Å². The average molecular weight is 410 g/mol. The number of nitrogens with one attached hydrogen (secondary N) is 1. The zero-order valence-corrected chi connectivity index (χ0v) is 17.2. The van der Waals surface area contributed by atoms with Crippen LogP contribution >= 0.6 is 23.5 Å². The molecule has 0 aliphatic heterocycles. The van der Waals surface area contributed by atoms with Crippen LogP contribution in [0.25, 0.3) is 5.69 Å². The van der Waals surface area contributed by atoms with Gasteiger partial charge in [0, 0.05) is 4.90 Å². The Kier molecular flexibility index (Phi) is 6.74. The first kappa shape index (κ1) is 20.0. The zero-order valence-electron chi connectivity index (χ0n) is 15.5. The minimum atomic E-state index is -0.134. The minimum Gasteiger partial charge on any atom is -0.324 e. The van der Waals surface area contributed by atoms with Crippen LogP contribution in [0.2, 0.25) is 0 Å². The van der Waals surface area contributed by atoms with Crippen molar-refractivity contribution < 1.29 is 4.79 Å². The van der Waals surface area contributed by atoms with Gasteiger partial charge in [0.05, 0.1) is 28.9 Å². The van der Waals surface area contributed by atoms with E-state index < -0.39 is 0 Å². The fraction of sp³-hybridized carbons (Fsp3) is 0.200. The largest absolute Gasteiger partial charge is 0.324 e. The molecule has 1 amide bonds. The number of aromatic nitrogens is 3. The van der Waals surface area contributed by atoms with Gasteiger partial charge in [0.25, 0.3) is 0 Å². The molecule has 1 heterocycles. The molecule has 6 nitrogen and oxygen atoms in total. The molecule has 0 saturated heterocycles. The summed E-state index contributed by atoms with van der Waals surface area (Å²) >= 11 is 2.73. The van der Waals surface area contributed by atoms with Gasteiger partial charge in [0.1, 0.15) is 6.33 Å². The molecule has 2 aromatic carbocycles. The summed E-state index contributed by atoms with van der Waals surface area (Å²) in [5, 5.41) is 20.5. The van der Waals surface area contributed by atoms with E-state index in [1.54, 1.807) is 6.33 Å². The smallest absolute Gasteiger partial charge is 0.234 e. The zero-order chi connectivity index (χ0) is 19.9. The van der Waals surface area contributed by atoms with Crippen molar-refractivity contribution in [2.75, 3.05) is 16.8 Å². The number of nitriles is 1. The maximum Gasteiger partial charge on any atom is 0.234 e. The van der Waals surface area contributed by atoms with Crippen molar-refractivity contribution >= 4 is 35.1 Å². The van der Waals surface area contributed by atoms with E-state index in [1.165, 1.54) is 29.1 Å². The summed E-state index contributed by atoms with van der Waals surface area (Å²) in [4.78, 5) is 13.3. The predicted octanol–water partition coefficient (Wildman–Crippen LogP) is 4.23. The number of rotatable bonds is 7. The molecular weight excluding hydrogens is 390 g/mol. The highest BCUT2D eigenvalue weighted by Crippen LogP contribution is 2.27. The Morgan fingerprint density at radius 1 is 1.21 bits per heavy atom. The quantitative estimate of drug-likeness (QED) is 0.588. The number of benzene rings is 2. The number of para-hydroxylation sites is 1. The number of amides is 1. The summed E-state index contributed by atoms with van der Waals surface area (Å²) in [7, 11) is 0. The summed E-state index contributed by atoms with van der Waals surface area (Å²) in [6.07, 6.45) is 1.66. The monoisotopic (exact) mass is 409 g/mol. The molecule has 1 aromatic heterocycles. The fourth-order valence-corrected chi connectivity index (χ4v) is 4.08. The van der Waals surface area contributed by atoms with Gasteiger partial charge < -0.3 is 5.32 Å². The third-order valence-electron chi connectivity index (χ3n) is 3.91. The highest BCUT2D eigenvalue weighted by Gasteiger charge is 2.13. The molecule has 0 aliphatic rings. The molecule has 0 fully saturated rings. The number of hydrogen-bond donors (Lipinski definition) is 1. The van der Waals surface area contributed by atoms with Crippen molar-refractivity contribution in [2.24, 2.45) is 0 Å². The number of carbonyl (C=O) groups excluding carboxylic acids is 1. The summed E-state index contributed by atoms with van der Waals surface area (Å²) < 4.78 is 1.89. The summed E-state index contributed by atoms with van der Waals surface area (Å²) in [6.45, 7) is 4.09. The van der Waals surface area contributed by atoms with Crippen molar-refractivity contribution in [1.82, 2.24) is 14.8 Å². The van der Waals surface area contributed by atoms with Crippen LogP contribution in [0.4, 0.5) is 5.69 Å². The Hall–Kier alpha value is -2.76. The second-order valence-corrected chi connectivity index (χ2v) is 8.01. The Balaban J connectivity index is 1.67. The van der Waals surface area contributed by atoms with Crippen molar-refractivity contribution in [3.8, 4) is 11.8 Å². The fourth-order valence-electron chi connectivity index (χ4n) is 2.69. The minimum absolute atomic E-state index is 0.134. The first-order chi connectivity index (χ1) is 13.6. The predicted molar refractivity (Wildman–Crippen MR) is 113 cm³/mol. The first-order valence-electron chi connectivity index (χ1n) is 8.57. The van der Waals surface area contributed by atoms with E-state index in [9.17, 15) is 4.79 Å². The number of thioether (sulfide) groups is 2. The standard InChI is InChI=1S/C20H19N5OS2/c1-14-7-8-17(15(2)11-14)25-13-22-24-20(25)28-12-19(26)23-16-5-3-4-6-18(16)27-10-9-21/h3-8,11,13H,10,12H2,1-2H3,(H,23,26). The molecule has 3 rings (SSSR count). The third-order valence-corrected chi connectivity index (χ3v) is 5.80. The first-order valence-corrected chi connectivity index (χ1v) is 10.5. The SMILES string of the molecule is Cc1ccc(-n2cnnc2SCC(=O)Nc2ccccc2SCC#N)c(C)c1. The Labute approximate surface area is 172 Å². The van der Waals surface area contributed by atoms with Crippen LogP contribution in [-0.2, 0) is 4.79 Å². The number of nitrogens with zero attached hydrogens (tertiary/aromatic N) is 4. The average Bonchev–Trinajstić information content (AvgIpc) is 3.14. The van der Waals surface area contributed by atoms with Crippen molar-refractivity contribution in [3.05, 3.63) is 59.9 Å². The van der Waals surface area contributed by atoms with Gasteiger partial charge in [-0.05, 0) is 37.6 Å². The van der Waals surface area contributed by atoms with E-state index in [-0.39, 0.29) is 11.7 Å². The molecular formula is C20H19N5OS2. The lowest BCUT2D eigenvalue weighted by Crippen LogP contribution is -2.15. The number of aryl methyl sites for hydroxylation is 2. The van der Waals surface area contributed by atoms with Crippen molar-refractivity contribution in [1.29, 1.82) is 5.26 Å². The summed E-state index contributed by atoms with van der Waals surface area (Å²) in [5.41, 5.74) is 4.02. The van der Waals surface area contributed by atoms with Gasteiger partial charge in [-0.2, -0.15) is 5.26 Å². The van der Waals surface area contributed by atoms with Crippen LogP contribution in [-0.4, -0.2) is 32.2 Å². The molecule has 0 spiro atoms. The van der Waals surface area contributed by atoms with Crippen LogP contribution in [0.1, 0.15) is 11.1 Å². The Bertz CT molecular complexity index is 1030. The number of anilines is 1. The molecule has 0 atom stereocenters. The van der Waals surface area contributed by atoms with E-state index in [0.717, 1.165) is 16.1 Å². The maximum atomic E-state index is 12.4. The van der Waals surface area contributed by atoms with Crippen LogP contribution in [0.15, 0.2) is 58.8 Å². The van der Waals surface area contributed by atoms with E-state index in [4.69, 9.17) is 5.26 Å². The lowest BCUT2D eigenvalue weighted by atomic mass is 10.1. The van der Waals surface area contributed by atoms with Crippen molar-refractivity contribution in [2.45, 2.75) is 23.9 Å². The molecule has 0 radical (unpaired) electrons. The van der Waals surface area contributed by atoms with E-state index in [1.807, 2.05) is 47.9 Å². The normalized spacial score (nSPS) is 10.5. The lowest BCUT2D eigenvalue weighted by molar-refractivity contribution is -0.113. The van der Waals surface area contributed by atoms with E-state index >= 15 is 0 Å². The highest BCUT2D eigenvalue weighted by atomic mass is 32.2. The Morgan fingerprint density at radius 2 is 2.04 bits per heavy atom. The number of hydrogen-bond acceptors (Lipinski definition) is 6. The second kappa shape index (κ2) is 9.44. The van der Waals surface area contributed by atoms with E-state index in [0.29, 0.717) is 16.6 Å². The third kappa shape index (κ3) is 4.94. The molecule has 0 aliphatic carbocycles. The van der Waals surface area contributed by atoms with Crippen LogP contribution in [0.5, 0.6) is 0 Å². The lowest BCUT2D eigenvalue weighted by Gasteiger charge is -2.11. The highest BCUT2D eigenvalue weighted by molar-refractivity contribution is 8.00. The second-order valence-electron chi connectivity index (χ2n) is 6.05. The van der Waals surface area contributed by atoms with Crippen molar-refractivity contribution in [3.63, 3.8) is 0 Å². The molecule has 0 unspecified atom stereocenters. The molecule has 3 aromatic rings. The summed E-state index contributed by atoms with van der Waals surface area (Å²) in [6, 6.07) is 15.7. The molecule has 0 saturated carbocycles. The van der Waals surface area contributed by atoms with Gasteiger partial charge in [-0.25, -0.2) is 0 Å². The Morgan fingerprint density at radius 3 is 2.82 bits per heavy atom.